The second kappa shape index (κ2) is 5.09. The molecule has 0 amide bonds. The molecule has 0 spiro atoms. The zero-order valence-electron chi connectivity index (χ0n) is 9.01. The van der Waals surface area contributed by atoms with Gasteiger partial charge in [0.05, 0.1) is 0 Å². The monoisotopic (exact) mass is 284 g/mol. The SMILES string of the molecule is O=C(CCCc1cc(Br)ccc1F)C1CC1. The number of hydrogen-bond donors (Lipinski definition) is 0. The lowest BCUT2D eigenvalue weighted by molar-refractivity contribution is -0.120. The number of aryl methyl sites for hydroxylation is 1. The molecule has 3 heteroatoms. The molecule has 0 saturated heterocycles. The maximum atomic E-state index is 13.4. The van der Waals surface area contributed by atoms with Crippen LogP contribution in [0.15, 0.2) is 22.7 Å². The molecule has 1 aromatic carbocycles. The number of benzene rings is 1. The molecule has 0 heterocycles. The summed E-state index contributed by atoms with van der Waals surface area (Å²) >= 11 is 3.32. The minimum Gasteiger partial charge on any atom is -0.299 e. The van der Waals surface area contributed by atoms with Crippen LogP contribution in [-0.4, -0.2) is 5.78 Å². The third kappa shape index (κ3) is 3.14. The second-order valence-corrected chi connectivity index (χ2v) is 5.25. The Bertz CT molecular complexity index is 399. The fourth-order valence-corrected chi connectivity index (χ4v) is 2.21. The van der Waals surface area contributed by atoms with Crippen molar-refractivity contribution in [1.82, 2.24) is 0 Å². The van der Waals surface area contributed by atoms with Crippen molar-refractivity contribution in [3.8, 4) is 0 Å². The average Bonchev–Trinajstić information content (AvgIpc) is 3.06. The fourth-order valence-electron chi connectivity index (χ4n) is 1.80. The first-order chi connectivity index (χ1) is 7.66. The molecule has 0 unspecified atom stereocenters. The van der Waals surface area contributed by atoms with Gasteiger partial charge in [-0.3, -0.25) is 4.79 Å². The Kier molecular flexibility index (Phi) is 3.74. The van der Waals surface area contributed by atoms with Gasteiger partial charge in [-0.25, -0.2) is 4.39 Å². The van der Waals surface area contributed by atoms with E-state index < -0.39 is 0 Å². The Balaban J connectivity index is 1.84. The molecule has 0 aliphatic heterocycles. The lowest BCUT2D eigenvalue weighted by Gasteiger charge is -2.03. The number of Topliss-reactive ketones (excluding diaryl/α,β-unsaturated/α-hetero) is 1. The Morgan fingerprint density at radius 2 is 2.19 bits per heavy atom. The third-order valence-corrected chi connectivity index (χ3v) is 3.40. The Morgan fingerprint density at radius 1 is 1.44 bits per heavy atom. The number of rotatable bonds is 5. The molecule has 86 valence electrons. The summed E-state index contributed by atoms with van der Waals surface area (Å²) in [6, 6.07) is 4.94. The quantitative estimate of drug-likeness (QED) is 0.802. The van der Waals surface area contributed by atoms with E-state index in [1.807, 2.05) is 0 Å². The summed E-state index contributed by atoms with van der Waals surface area (Å²) in [5.74, 6) is 0.504. The van der Waals surface area contributed by atoms with Crippen molar-refractivity contribution in [3.63, 3.8) is 0 Å². The molecule has 0 atom stereocenters. The van der Waals surface area contributed by atoms with E-state index in [-0.39, 0.29) is 5.82 Å². The van der Waals surface area contributed by atoms with Gasteiger partial charge in [-0.05, 0) is 49.4 Å². The van der Waals surface area contributed by atoms with Crippen molar-refractivity contribution in [2.45, 2.75) is 32.1 Å². The van der Waals surface area contributed by atoms with Crippen molar-refractivity contribution in [2.75, 3.05) is 0 Å². The Labute approximate surface area is 103 Å². The van der Waals surface area contributed by atoms with Gasteiger partial charge in [0.15, 0.2) is 0 Å². The molecule has 2 rings (SSSR count). The van der Waals surface area contributed by atoms with Gasteiger partial charge in [-0.1, -0.05) is 15.9 Å². The number of carbonyl (C=O) groups is 1. The van der Waals surface area contributed by atoms with Crippen LogP contribution in [-0.2, 0) is 11.2 Å². The van der Waals surface area contributed by atoms with Crippen LogP contribution in [0.4, 0.5) is 4.39 Å². The highest BCUT2D eigenvalue weighted by molar-refractivity contribution is 9.10. The Hall–Kier alpha value is -0.700. The zero-order chi connectivity index (χ0) is 11.5. The van der Waals surface area contributed by atoms with E-state index in [1.165, 1.54) is 6.07 Å². The smallest absolute Gasteiger partial charge is 0.135 e. The maximum absolute atomic E-state index is 13.4. The lowest BCUT2D eigenvalue weighted by Crippen LogP contribution is -2.01. The summed E-state index contributed by atoms with van der Waals surface area (Å²) in [5.41, 5.74) is 0.693. The maximum Gasteiger partial charge on any atom is 0.135 e. The molecule has 1 aliphatic rings. The van der Waals surface area contributed by atoms with Gasteiger partial charge in [-0.15, -0.1) is 0 Å². The molecule has 16 heavy (non-hydrogen) atoms. The summed E-state index contributed by atoms with van der Waals surface area (Å²) in [6.45, 7) is 0. The van der Waals surface area contributed by atoms with E-state index in [2.05, 4.69) is 15.9 Å². The van der Waals surface area contributed by atoms with Crippen LogP contribution in [0.5, 0.6) is 0 Å². The average molecular weight is 285 g/mol. The van der Waals surface area contributed by atoms with Crippen LogP contribution in [0.1, 0.15) is 31.2 Å². The minimum atomic E-state index is -0.179. The predicted molar refractivity (Wildman–Crippen MR) is 64.8 cm³/mol. The van der Waals surface area contributed by atoms with E-state index in [4.69, 9.17) is 0 Å². The van der Waals surface area contributed by atoms with Gasteiger partial charge < -0.3 is 0 Å². The summed E-state index contributed by atoms with van der Waals surface area (Å²) in [7, 11) is 0. The van der Waals surface area contributed by atoms with Gasteiger partial charge in [0, 0.05) is 16.8 Å². The van der Waals surface area contributed by atoms with Gasteiger partial charge >= 0.3 is 0 Å². The normalized spacial score (nSPS) is 15.1. The zero-order valence-corrected chi connectivity index (χ0v) is 10.6. The van der Waals surface area contributed by atoms with Crippen LogP contribution in [0.3, 0.4) is 0 Å². The van der Waals surface area contributed by atoms with E-state index in [1.54, 1.807) is 12.1 Å². The molecular formula is C13H14BrFO. The molecule has 1 saturated carbocycles. The lowest BCUT2D eigenvalue weighted by atomic mass is 10.0. The first-order valence-electron chi connectivity index (χ1n) is 5.63. The van der Waals surface area contributed by atoms with Crippen LogP contribution >= 0.6 is 15.9 Å². The van der Waals surface area contributed by atoms with E-state index in [0.717, 1.165) is 23.7 Å². The topological polar surface area (TPSA) is 17.1 Å². The highest BCUT2D eigenvalue weighted by Gasteiger charge is 2.28. The van der Waals surface area contributed by atoms with E-state index in [0.29, 0.717) is 30.1 Å². The largest absolute Gasteiger partial charge is 0.299 e. The molecule has 1 nitrogen and oxygen atoms in total. The summed E-state index contributed by atoms with van der Waals surface area (Å²) in [4.78, 5) is 11.4. The number of hydrogen-bond acceptors (Lipinski definition) is 1. The Morgan fingerprint density at radius 3 is 2.88 bits per heavy atom. The predicted octanol–water partition coefficient (Wildman–Crippen LogP) is 3.89. The van der Waals surface area contributed by atoms with Crippen LogP contribution in [0.2, 0.25) is 0 Å². The minimum absolute atomic E-state index is 0.179. The molecular weight excluding hydrogens is 271 g/mol. The molecule has 1 aliphatic carbocycles. The van der Waals surface area contributed by atoms with Crippen LogP contribution < -0.4 is 0 Å². The second-order valence-electron chi connectivity index (χ2n) is 4.33. The summed E-state index contributed by atoms with van der Waals surface area (Å²) < 4.78 is 14.2. The highest BCUT2D eigenvalue weighted by atomic mass is 79.9. The van der Waals surface area contributed by atoms with Crippen molar-refractivity contribution < 1.29 is 9.18 Å². The third-order valence-electron chi connectivity index (χ3n) is 2.91. The molecule has 0 radical (unpaired) electrons. The van der Waals surface area contributed by atoms with Crippen LogP contribution in [0.25, 0.3) is 0 Å². The summed E-state index contributed by atoms with van der Waals surface area (Å²) in [6.07, 6.45) is 4.11. The number of ketones is 1. The standard InChI is InChI=1S/C13H14BrFO/c14-11-6-7-12(15)10(8-11)2-1-3-13(16)9-4-5-9/h6-9H,1-5H2. The van der Waals surface area contributed by atoms with Crippen LogP contribution in [0, 0.1) is 11.7 Å². The van der Waals surface area contributed by atoms with Gasteiger partial charge in [0.2, 0.25) is 0 Å². The molecule has 1 fully saturated rings. The van der Waals surface area contributed by atoms with Crippen molar-refractivity contribution in [1.29, 1.82) is 0 Å². The number of halogens is 2. The van der Waals surface area contributed by atoms with E-state index in [9.17, 15) is 9.18 Å². The summed E-state index contributed by atoms with van der Waals surface area (Å²) in [5, 5.41) is 0. The molecule has 0 aromatic heterocycles. The van der Waals surface area contributed by atoms with E-state index >= 15 is 0 Å². The molecule has 0 bridgehead atoms. The van der Waals surface area contributed by atoms with Gasteiger partial charge in [0.25, 0.3) is 0 Å². The highest BCUT2D eigenvalue weighted by Crippen LogP contribution is 2.31. The van der Waals surface area contributed by atoms with Gasteiger partial charge in [0.1, 0.15) is 11.6 Å². The van der Waals surface area contributed by atoms with Crippen molar-refractivity contribution in [3.05, 3.63) is 34.1 Å². The van der Waals surface area contributed by atoms with Crippen molar-refractivity contribution >= 4 is 21.7 Å². The fraction of sp³-hybridized carbons (Fsp3) is 0.462. The van der Waals surface area contributed by atoms with Crippen molar-refractivity contribution in [2.24, 2.45) is 5.92 Å². The number of carbonyl (C=O) groups excluding carboxylic acids is 1. The first kappa shape index (κ1) is 11.8. The first-order valence-corrected chi connectivity index (χ1v) is 6.43. The molecule has 0 N–H and O–H groups in total. The molecule has 1 aromatic rings. The van der Waals surface area contributed by atoms with Gasteiger partial charge in [-0.2, -0.15) is 0 Å².